The van der Waals surface area contributed by atoms with Gasteiger partial charge in [0.25, 0.3) is 0 Å². The molecule has 0 radical (unpaired) electrons. The molecule has 0 amide bonds. The lowest BCUT2D eigenvalue weighted by Gasteiger charge is -2.16. The minimum atomic E-state index is 0.199. The maximum atomic E-state index is 5.93. The van der Waals surface area contributed by atoms with Crippen LogP contribution in [-0.2, 0) is 0 Å². The summed E-state index contributed by atoms with van der Waals surface area (Å²) in [7, 11) is 0. The lowest BCUT2D eigenvalue weighted by Crippen LogP contribution is -2.12. The fourth-order valence-corrected chi connectivity index (χ4v) is 3.24. The molecular weight excluding hydrogens is 258 g/mol. The quantitative estimate of drug-likeness (QED) is 0.846. The number of nitrogens with two attached hydrogens (primary N) is 1. The predicted molar refractivity (Wildman–Crippen MR) is 74.9 cm³/mol. The van der Waals surface area contributed by atoms with Crippen molar-refractivity contribution in [2.24, 2.45) is 5.73 Å². The van der Waals surface area contributed by atoms with Gasteiger partial charge in [0.05, 0.1) is 6.04 Å². The summed E-state index contributed by atoms with van der Waals surface area (Å²) in [6.07, 6.45) is 2.35. The second-order valence-corrected chi connectivity index (χ2v) is 6.01. The Labute approximate surface area is 116 Å². The molecule has 0 spiro atoms. The van der Waals surface area contributed by atoms with Crippen LogP contribution in [0.2, 0.25) is 0 Å². The molecule has 1 aromatic heterocycles. The Morgan fingerprint density at radius 3 is 2.89 bits per heavy atom. The molecule has 1 aliphatic rings. The Kier molecular flexibility index (Phi) is 3.52. The maximum absolute atomic E-state index is 5.93. The van der Waals surface area contributed by atoms with Gasteiger partial charge in [-0.2, -0.15) is 0 Å². The largest absolute Gasteiger partial charge is 0.329 e. The van der Waals surface area contributed by atoms with Gasteiger partial charge in [-0.25, -0.2) is 4.68 Å². The van der Waals surface area contributed by atoms with Crippen LogP contribution in [-0.4, -0.2) is 26.8 Å². The number of hydrogen-bond donors (Lipinski definition) is 1. The van der Waals surface area contributed by atoms with Crippen LogP contribution in [0.5, 0.6) is 0 Å². The van der Waals surface area contributed by atoms with Crippen LogP contribution in [0.4, 0.5) is 0 Å². The molecule has 2 N–H and O–H groups in total. The monoisotopic (exact) mass is 275 g/mol. The van der Waals surface area contributed by atoms with Gasteiger partial charge in [0, 0.05) is 11.8 Å². The Hall–Kier alpha value is -1.40. The average Bonchev–Trinajstić information content (AvgIpc) is 3.17. The highest BCUT2D eigenvalue weighted by atomic mass is 32.2. The van der Waals surface area contributed by atoms with E-state index in [1.165, 1.54) is 24.0 Å². The third kappa shape index (κ3) is 2.64. The number of rotatable bonds is 5. The first-order valence-corrected chi connectivity index (χ1v) is 7.37. The van der Waals surface area contributed by atoms with E-state index < -0.39 is 0 Å². The van der Waals surface area contributed by atoms with E-state index in [2.05, 4.69) is 40.6 Å². The first-order chi connectivity index (χ1) is 9.29. The van der Waals surface area contributed by atoms with Crippen molar-refractivity contribution in [3.63, 3.8) is 0 Å². The highest BCUT2D eigenvalue weighted by Gasteiger charge is 2.29. The minimum absolute atomic E-state index is 0.199. The molecule has 2 aromatic rings. The smallest absolute Gasteiger partial charge is 0.210 e. The fraction of sp³-hybridized carbons (Fsp3) is 0.462. The molecule has 1 atom stereocenters. The van der Waals surface area contributed by atoms with Crippen molar-refractivity contribution in [2.45, 2.75) is 36.2 Å². The second-order valence-electron chi connectivity index (χ2n) is 4.84. The van der Waals surface area contributed by atoms with Crippen molar-refractivity contribution in [2.75, 3.05) is 6.54 Å². The molecule has 1 saturated carbocycles. The highest BCUT2D eigenvalue weighted by Crippen LogP contribution is 2.40. The molecule has 0 aliphatic heterocycles. The summed E-state index contributed by atoms with van der Waals surface area (Å²) >= 11 is 1.66. The average molecular weight is 275 g/mol. The zero-order valence-corrected chi connectivity index (χ0v) is 11.7. The lowest BCUT2D eigenvalue weighted by molar-refractivity contribution is 0.564. The van der Waals surface area contributed by atoms with Gasteiger partial charge in [-0.05, 0) is 41.3 Å². The van der Waals surface area contributed by atoms with Gasteiger partial charge in [0.1, 0.15) is 0 Å². The van der Waals surface area contributed by atoms with E-state index in [-0.39, 0.29) is 5.25 Å². The number of hydrogen-bond acceptors (Lipinski definition) is 5. The standard InChI is InChI=1S/C13H17N5S/c1-9-4-2-3-5-11(9)12(8-14)19-13-15-16-17-18(13)10-6-7-10/h2-5,10,12H,6-8,14H2,1H3. The molecule has 100 valence electrons. The van der Waals surface area contributed by atoms with Gasteiger partial charge >= 0.3 is 0 Å². The molecule has 1 heterocycles. The molecule has 6 heteroatoms. The third-order valence-electron chi connectivity index (χ3n) is 3.35. The van der Waals surface area contributed by atoms with Gasteiger partial charge in [-0.3, -0.25) is 0 Å². The summed E-state index contributed by atoms with van der Waals surface area (Å²) in [5, 5.41) is 13.1. The molecule has 3 rings (SSSR count). The van der Waals surface area contributed by atoms with Gasteiger partial charge in [-0.15, -0.1) is 5.10 Å². The molecule has 1 aromatic carbocycles. The number of benzene rings is 1. The van der Waals surface area contributed by atoms with E-state index in [1.807, 2.05) is 10.7 Å². The van der Waals surface area contributed by atoms with Gasteiger partial charge in [0.2, 0.25) is 5.16 Å². The van der Waals surface area contributed by atoms with Gasteiger partial charge in [-0.1, -0.05) is 36.0 Å². The van der Waals surface area contributed by atoms with E-state index in [9.17, 15) is 0 Å². The lowest BCUT2D eigenvalue weighted by atomic mass is 10.1. The molecule has 0 saturated heterocycles. The first-order valence-electron chi connectivity index (χ1n) is 6.49. The number of aryl methyl sites for hydroxylation is 1. The Bertz CT molecular complexity index is 564. The molecule has 1 fully saturated rings. The summed E-state index contributed by atoms with van der Waals surface area (Å²) in [5.74, 6) is 0. The van der Waals surface area contributed by atoms with Crippen molar-refractivity contribution in [1.82, 2.24) is 20.2 Å². The van der Waals surface area contributed by atoms with Crippen molar-refractivity contribution >= 4 is 11.8 Å². The maximum Gasteiger partial charge on any atom is 0.210 e. The van der Waals surface area contributed by atoms with Gasteiger partial charge < -0.3 is 5.73 Å². The van der Waals surface area contributed by atoms with Crippen LogP contribution in [0.1, 0.15) is 35.3 Å². The SMILES string of the molecule is Cc1ccccc1C(CN)Sc1nnnn1C1CC1. The van der Waals surface area contributed by atoms with Crippen molar-refractivity contribution in [1.29, 1.82) is 0 Å². The van der Waals surface area contributed by atoms with Crippen LogP contribution < -0.4 is 5.73 Å². The van der Waals surface area contributed by atoms with Gasteiger partial charge in [0.15, 0.2) is 0 Å². The Morgan fingerprint density at radius 2 is 2.21 bits per heavy atom. The van der Waals surface area contributed by atoms with E-state index >= 15 is 0 Å². The van der Waals surface area contributed by atoms with E-state index in [1.54, 1.807) is 11.8 Å². The second kappa shape index (κ2) is 5.30. The summed E-state index contributed by atoms with van der Waals surface area (Å²) in [5.41, 5.74) is 8.46. The first kappa shape index (κ1) is 12.6. The van der Waals surface area contributed by atoms with Crippen LogP contribution >= 0.6 is 11.8 Å². The number of tetrazole rings is 1. The van der Waals surface area contributed by atoms with E-state index in [0.717, 1.165) is 5.16 Å². The molecule has 5 nitrogen and oxygen atoms in total. The third-order valence-corrected chi connectivity index (χ3v) is 4.56. The normalized spacial score (nSPS) is 16.5. The number of thioether (sulfide) groups is 1. The molecule has 19 heavy (non-hydrogen) atoms. The molecule has 0 bridgehead atoms. The van der Waals surface area contributed by atoms with Crippen LogP contribution in [0.3, 0.4) is 0 Å². The zero-order chi connectivity index (χ0) is 13.2. The fourth-order valence-electron chi connectivity index (χ4n) is 2.13. The molecule has 1 aliphatic carbocycles. The minimum Gasteiger partial charge on any atom is -0.329 e. The number of nitrogens with zero attached hydrogens (tertiary/aromatic N) is 4. The van der Waals surface area contributed by atoms with Crippen LogP contribution in [0.25, 0.3) is 0 Å². The topological polar surface area (TPSA) is 69.6 Å². The van der Waals surface area contributed by atoms with Crippen LogP contribution in [0.15, 0.2) is 29.4 Å². The summed E-state index contributed by atoms with van der Waals surface area (Å²) in [4.78, 5) is 0. The molecular formula is C13H17N5S. The molecule has 1 unspecified atom stereocenters. The predicted octanol–water partition coefficient (Wildman–Crippen LogP) is 2.11. The summed E-state index contributed by atoms with van der Waals surface area (Å²) < 4.78 is 1.94. The van der Waals surface area contributed by atoms with E-state index in [0.29, 0.717) is 12.6 Å². The van der Waals surface area contributed by atoms with E-state index in [4.69, 9.17) is 5.73 Å². The van der Waals surface area contributed by atoms with Crippen molar-refractivity contribution in [3.05, 3.63) is 35.4 Å². The highest BCUT2D eigenvalue weighted by molar-refractivity contribution is 7.99. The van der Waals surface area contributed by atoms with Crippen molar-refractivity contribution < 1.29 is 0 Å². The van der Waals surface area contributed by atoms with Crippen molar-refractivity contribution in [3.8, 4) is 0 Å². The Morgan fingerprint density at radius 1 is 1.42 bits per heavy atom. The summed E-state index contributed by atoms with van der Waals surface area (Å²) in [6, 6.07) is 8.83. The Balaban J connectivity index is 1.83. The zero-order valence-electron chi connectivity index (χ0n) is 10.9. The van der Waals surface area contributed by atoms with Crippen LogP contribution in [0, 0.1) is 6.92 Å². The number of aromatic nitrogens is 4. The summed E-state index contributed by atoms with van der Waals surface area (Å²) in [6.45, 7) is 2.69.